The molecule has 2 heterocycles. The SMILES string of the molecule is c1cc(-c2ccc(N(c3ccc(-c4cccc(-n5c6ccccc6c6ccccc65)c4)cc3)c3ccc4ccccc4c3)cc2)cc(-c2cccc3oc4ccccc4c23)c1. The number of hydrogen-bond donors (Lipinski definition) is 0. The average molecular weight is 779 g/mol. The van der Waals surface area contributed by atoms with Gasteiger partial charge in [0, 0.05) is 44.3 Å². The van der Waals surface area contributed by atoms with E-state index in [4.69, 9.17) is 4.42 Å². The van der Waals surface area contributed by atoms with Crippen molar-refractivity contribution in [3.8, 4) is 39.1 Å². The molecule has 0 saturated carbocycles. The van der Waals surface area contributed by atoms with Crippen molar-refractivity contribution in [2.75, 3.05) is 4.90 Å². The highest BCUT2D eigenvalue weighted by molar-refractivity contribution is 6.12. The van der Waals surface area contributed by atoms with E-state index in [-0.39, 0.29) is 0 Å². The Morgan fingerprint density at radius 2 is 0.869 bits per heavy atom. The Hall–Kier alpha value is -8.14. The lowest BCUT2D eigenvalue weighted by Gasteiger charge is -2.26. The molecule has 286 valence electrons. The summed E-state index contributed by atoms with van der Waals surface area (Å²) in [6.07, 6.45) is 0. The van der Waals surface area contributed by atoms with Gasteiger partial charge in [0.2, 0.25) is 0 Å². The molecular weight excluding hydrogens is 741 g/mol. The number of nitrogens with zero attached hydrogens (tertiary/aromatic N) is 2. The minimum Gasteiger partial charge on any atom is -0.456 e. The number of benzene rings is 10. The molecule has 0 bridgehead atoms. The van der Waals surface area contributed by atoms with Crippen LogP contribution < -0.4 is 4.90 Å². The van der Waals surface area contributed by atoms with Gasteiger partial charge in [-0.3, -0.25) is 0 Å². The lowest BCUT2D eigenvalue weighted by Crippen LogP contribution is -2.09. The van der Waals surface area contributed by atoms with Crippen LogP contribution in [0.3, 0.4) is 0 Å². The molecule has 0 spiro atoms. The second-order valence-electron chi connectivity index (χ2n) is 15.7. The molecule has 3 heteroatoms. The van der Waals surface area contributed by atoms with E-state index in [1.165, 1.54) is 54.8 Å². The molecule has 0 fully saturated rings. The van der Waals surface area contributed by atoms with Gasteiger partial charge in [0.25, 0.3) is 0 Å². The van der Waals surface area contributed by atoms with Crippen LogP contribution in [0.4, 0.5) is 17.1 Å². The van der Waals surface area contributed by atoms with Gasteiger partial charge in [-0.25, -0.2) is 0 Å². The van der Waals surface area contributed by atoms with Crippen molar-refractivity contribution in [2.45, 2.75) is 0 Å². The fourth-order valence-corrected chi connectivity index (χ4v) is 9.28. The molecule has 0 atom stereocenters. The molecule has 0 radical (unpaired) electrons. The molecule has 0 aliphatic rings. The van der Waals surface area contributed by atoms with Gasteiger partial charge in [0.15, 0.2) is 0 Å². The maximum Gasteiger partial charge on any atom is 0.136 e. The molecule has 0 aliphatic heterocycles. The highest BCUT2D eigenvalue weighted by Gasteiger charge is 2.17. The molecule has 12 rings (SSSR count). The minimum absolute atomic E-state index is 0.906. The van der Waals surface area contributed by atoms with E-state index in [9.17, 15) is 0 Å². The van der Waals surface area contributed by atoms with Crippen LogP contribution in [0.2, 0.25) is 0 Å². The number of rotatable bonds is 7. The van der Waals surface area contributed by atoms with E-state index < -0.39 is 0 Å². The second-order valence-corrected chi connectivity index (χ2v) is 15.7. The van der Waals surface area contributed by atoms with Crippen LogP contribution in [-0.4, -0.2) is 4.57 Å². The van der Waals surface area contributed by atoms with Crippen LogP contribution in [0.5, 0.6) is 0 Å². The van der Waals surface area contributed by atoms with Crippen LogP contribution in [0, 0.1) is 0 Å². The Labute approximate surface area is 353 Å². The monoisotopic (exact) mass is 778 g/mol. The molecule has 0 aliphatic carbocycles. The molecule has 61 heavy (non-hydrogen) atoms. The summed E-state index contributed by atoms with van der Waals surface area (Å²) in [4.78, 5) is 2.36. The summed E-state index contributed by atoms with van der Waals surface area (Å²) >= 11 is 0. The lowest BCUT2D eigenvalue weighted by atomic mass is 9.96. The first-order valence-corrected chi connectivity index (χ1v) is 20.8. The van der Waals surface area contributed by atoms with E-state index in [1.54, 1.807) is 0 Å². The summed E-state index contributed by atoms with van der Waals surface area (Å²) in [7, 11) is 0. The molecule has 12 aromatic rings. The zero-order valence-corrected chi connectivity index (χ0v) is 33.2. The van der Waals surface area contributed by atoms with Crippen molar-refractivity contribution < 1.29 is 4.42 Å². The molecule has 3 nitrogen and oxygen atoms in total. The third kappa shape index (κ3) is 5.98. The smallest absolute Gasteiger partial charge is 0.136 e. The summed E-state index contributed by atoms with van der Waals surface area (Å²) in [6, 6.07) is 83.0. The van der Waals surface area contributed by atoms with Crippen molar-refractivity contribution in [3.63, 3.8) is 0 Å². The topological polar surface area (TPSA) is 21.3 Å². The van der Waals surface area contributed by atoms with Crippen LogP contribution in [0.25, 0.3) is 93.6 Å². The standard InChI is InChI=1S/C58H38N2O/c1-2-13-43-38-49(35-30-39(43)12-1)59(46-31-26-40(27-32-46)42-14-9-16-45(36-42)50-21-11-25-57-58(50)53-20-5-8-24-56(53)61-57)47-33-28-41(29-34-47)44-15-10-17-48(37-44)60-54-22-6-3-18-51(54)52-19-4-7-23-55(52)60/h1-38H. The number of anilines is 3. The third-order valence-corrected chi connectivity index (χ3v) is 12.2. The van der Waals surface area contributed by atoms with Crippen molar-refractivity contribution in [2.24, 2.45) is 0 Å². The van der Waals surface area contributed by atoms with Crippen LogP contribution >= 0.6 is 0 Å². The number of para-hydroxylation sites is 3. The van der Waals surface area contributed by atoms with Gasteiger partial charge in [-0.15, -0.1) is 0 Å². The quantitative estimate of drug-likeness (QED) is 0.161. The van der Waals surface area contributed by atoms with E-state index in [2.05, 4.69) is 228 Å². The number of fused-ring (bicyclic) bond motifs is 7. The van der Waals surface area contributed by atoms with Gasteiger partial charge in [-0.1, -0.05) is 152 Å². The van der Waals surface area contributed by atoms with E-state index in [0.717, 1.165) is 55.8 Å². The Bertz CT molecular complexity index is 3540. The second kappa shape index (κ2) is 14.3. The molecule has 2 aromatic heterocycles. The van der Waals surface area contributed by atoms with Crippen LogP contribution in [0.15, 0.2) is 235 Å². The van der Waals surface area contributed by atoms with Crippen molar-refractivity contribution in [1.29, 1.82) is 0 Å². The van der Waals surface area contributed by atoms with Gasteiger partial charge >= 0.3 is 0 Å². The first kappa shape index (κ1) is 34.9. The molecular formula is C58H38N2O. The van der Waals surface area contributed by atoms with Gasteiger partial charge in [-0.05, 0) is 123 Å². The highest BCUT2D eigenvalue weighted by atomic mass is 16.3. The molecule has 10 aromatic carbocycles. The molecule has 0 unspecified atom stereocenters. The Morgan fingerprint density at radius 3 is 1.59 bits per heavy atom. The third-order valence-electron chi connectivity index (χ3n) is 12.2. The average Bonchev–Trinajstić information content (AvgIpc) is 3.88. The first-order chi connectivity index (χ1) is 30.2. The minimum atomic E-state index is 0.906. The normalized spacial score (nSPS) is 11.6. The Kier molecular flexibility index (Phi) is 8.17. The highest BCUT2D eigenvalue weighted by Crippen LogP contribution is 2.41. The van der Waals surface area contributed by atoms with Gasteiger partial charge in [0.05, 0.1) is 11.0 Å². The van der Waals surface area contributed by atoms with Gasteiger partial charge in [0.1, 0.15) is 11.2 Å². The summed E-state index contributed by atoms with van der Waals surface area (Å²) in [5.74, 6) is 0. The fourth-order valence-electron chi connectivity index (χ4n) is 9.28. The lowest BCUT2D eigenvalue weighted by molar-refractivity contribution is 0.669. The number of hydrogen-bond acceptors (Lipinski definition) is 2. The molecule has 0 amide bonds. The van der Waals surface area contributed by atoms with E-state index in [1.807, 2.05) is 12.1 Å². The summed E-state index contributed by atoms with van der Waals surface area (Å²) in [6.45, 7) is 0. The van der Waals surface area contributed by atoms with Crippen molar-refractivity contribution in [3.05, 3.63) is 231 Å². The Balaban J connectivity index is 0.908. The molecule has 0 N–H and O–H groups in total. The predicted octanol–water partition coefficient (Wildman–Crippen LogP) is 16.3. The summed E-state index contributed by atoms with van der Waals surface area (Å²) in [5, 5.41) is 7.24. The fraction of sp³-hybridized carbons (Fsp3) is 0. The van der Waals surface area contributed by atoms with E-state index >= 15 is 0 Å². The maximum atomic E-state index is 6.23. The van der Waals surface area contributed by atoms with Crippen LogP contribution in [-0.2, 0) is 0 Å². The number of furan rings is 1. The zero-order chi connectivity index (χ0) is 40.3. The largest absolute Gasteiger partial charge is 0.456 e. The van der Waals surface area contributed by atoms with Gasteiger partial charge in [-0.2, -0.15) is 0 Å². The Morgan fingerprint density at radius 1 is 0.328 bits per heavy atom. The summed E-state index contributed by atoms with van der Waals surface area (Å²) in [5.41, 5.74) is 15.7. The van der Waals surface area contributed by atoms with E-state index in [0.29, 0.717) is 0 Å². The van der Waals surface area contributed by atoms with Gasteiger partial charge < -0.3 is 13.9 Å². The van der Waals surface area contributed by atoms with Crippen molar-refractivity contribution in [1.82, 2.24) is 4.57 Å². The van der Waals surface area contributed by atoms with Crippen molar-refractivity contribution >= 4 is 71.6 Å². The number of aromatic nitrogens is 1. The predicted molar refractivity (Wildman–Crippen MR) is 257 cm³/mol. The summed E-state index contributed by atoms with van der Waals surface area (Å²) < 4.78 is 8.61. The van der Waals surface area contributed by atoms with Crippen LogP contribution in [0.1, 0.15) is 0 Å². The molecule has 0 saturated heterocycles. The maximum absolute atomic E-state index is 6.23. The zero-order valence-electron chi connectivity index (χ0n) is 33.2. The first-order valence-electron chi connectivity index (χ1n) is 20.8.